The lowest BCUT2D eigenvalue weighted by molar-refractivity contribution is -0.138. The van der Waals surface area contributed by atoms with Crippen LogP contribution in [0.25, 0.3) is 0 Å². The second-order valence-corrected chi connectivity index (χ2v) is 5.60. The summed E-state index contributed by atoms with van der Waals surface area (Å²) < 4.78 is 0. The zero-order valence-electron chi connectivity index (χ0n) is 12.6. The second-order valence-electron chi connectivity index (χ2n) is 5.60. The summed E-state index contributed by atoms with van der Waals surface area (Å²) >= 11 is 0. The van der Waals surface area contributed by atoms with E-state index in [1.54, 1.807) is 0 Å². The van der Waals surface area contributed by atoms with Gasteiger partial charge in [0.05, 0.1) is 0 Å². The van der Waals surface area contributed by atoms with Gasteiger partial charge in [-0.3, -0.25) is 4.79 Å². The van der Waals surface area contributed by atoms with Gasteiger partial charge < -0.3 is 5.11 Å². The summed E-state index contributed by atoms with van der Waals surface area (Å²) in [6.45, 7) is 6.61. The highest BCUT2D eigenvalue weighted by Crippen LogP contribution is 2.25. The molecule has 0 fully saturated rings. The molecule has 2 heteroatoms. The Morgan fingerprint density at radius 2 is 1.56 bits per heavy atom. The molecule has 0 bridgehead atoms. The van der Waals surface area contributed by atoms with Crippen LogP contribution >= 0.6 is 0 Å². The van der Waals surface area contributed by atoms with Crippen LogP contribution in [-0.2, 0) is 4.79 Å². The molecule has 0 heterocycles. The van der Waals surface area contributed by atoms with Crippen LogP contribution in [0.4, 0.5) is 0 Å². The summed E-state index contributed by atoms with van der Waals surface area (Å²) in [5.74, 6) is 0.567. The van der Waals surface area contributed by atoms with Crippen molar-refractivity contribution in [2.24, 2.45) is 11.8 Å². The normalized spacial score (nSPS) is 14.4. The van der Waals surface area contributed by atoms with E-state index in [9.17, 15) is 4.79 Å². The van der Waals surface area contributed by atoms with E-state index in [1.807, 2.05) is 0 Å². The Balaban J connectivity index is 3.94. The molecule has 0 spiro atoms. The summed E-state index contributed by atoms with van der Waals surface area (Å²) in [5, 5.41) is 8.86. The monoisotopic (exact) mass is 256 g/mol. The predicted octanol–water partition coefficient (Wildman–Crippen LogP) is 5.26. The van der Waals surface area contributed by atoms with Gasteiger partial charge in [0.1, 0.15) is 0 Å². The van der Waals surface area contributed by atoms with Gasteiger partial charge in [-0.2, -0.15) is 0 Å². The van der Waals surface area contributed by atoms with Gasteiger partial charge in [0.15, 0.2) is 0 Å². The van der Waals surface area contributed by atoms with Crippen LogP contribution in [0.3, 0.4) is 0 Å². The van der Waals surface area contributed by atoms with E-state index in [0.29, 0.717) is 12.3 Å². The summed E-state index contributed by atoms with van der Waals surface area (Å²) in [4.78, 5) is 10.7. The molecule has 0 amide bonds. The molecule has 0 unspecified atom stereocenters. The van der Waals surface area contributed by atoms with Crippen molar-refractivity contribution in [1.82, 2.24) is 0 Å². The molecule has 108 valence electrons. The molecule has 0 saturated heterocycles. The Morgan fingerprint density at radius 1 is 0.889 bits per heavy atom. The first-order valence-electron chi connectivity index (χ1n) is 7.85. The molecule has 0 saturated carbocycles. The summed E-state index contributed by atoms with van der Waals surface area (Å²) in [6.07, 6.45) is 11.6. The first-order valence-corrected chi connectivity index (χ1v) is 7.85. The Bertz CT molecular complexity index is 201. The SMILES string of the molecule is CCCCC[C@H](CCC)CC[C@@H](CC)CC(=O)O. The topological polar surface area (TPSA) is 37.3 Å². The maximum absolute atomic E-state index is 10.7. The van der Waals surface area contributed by atoms with Crippen LogP contribution in [0.1, 0.15) is 85.0 Å². The number of rotatable bonds is 12. The number of unbranched alkanes of at least 4 members (excludes halogenated alkanes) is 2. The first kappa shape index (κ1) is 17.5. The van der Waals surface area contributed by atoms with Crippen molar-refractivity contribution in [3.63, 3.8) is 0 Å². The minimum absolute atomic E-state index is 0.351. The lowest BCUT2D eigenvalue weighted by Gasteiger charge is -2.19. The smallest absolute Gasteiger partial charge is 0.303 e. The highest BCUT2D eigenvalue weighted by Gasteiger charge is 2.14. The molecular formula is C16H32O2. The number of hydrogen-bond acceptors (Lipinski definition) is 1. The van der Waals surface area contributed by atoms with E-state index < -0.39 is 5.97 Å². The maximum atomic E-state index is 10.7. The molecule has 0 aliphatic rings. The maximum Gasteiger partial charge on any atom is 0.303 e. The van der Waals surface area contributed by atoms with Crippen molar-refractivity contribution in [3.8, 4) is 0 Å². The van der Waals surface area contributed by atoms with Crippen molar-refractivity contribution >= 4 is 5.97 Å². The average Bonchev–Trinajstić information content (AvgIpc) is 2.34. The average molecular weight is 256 g/mol. The molecule has 18 heavy (non-hydrogen) atoms. The van der Waals surface area contributed by atoms with Gasteiger partial charge >= 0.3 is 5.97 Å². The zero-order valence-corrected chi connectivity index (χ0v) is 12.6. The molecule has 0 rings (SSSR count). The lowest BCUT2D eigenvalue weighted by Crippen LogP contribution is -2.10. The fourth-order valence-electron chi connectivity index (χ4n) is 2.69. The zero-order chi connectivity index (χ0) is 13.8. The van der Waals surface area contributed by atoms with Gasteiger partial charge in [0, 0.05) is 6.42 Å². The van der Waals surface area contributed by atoms with Crippen molar-refractivity contribution in [2.45, 2.75) is 85.0 Å². The van der Waals surface area contributed by atoms with E-state index in [2.05, 4.69) is 20.8 Å². The minimum Gasteiger partial charge on any atom is -0.481 e. The van der Waals surface area contributed by atoms with E-state index in [4.69, 9.17) is 5.11 Å². The van der Waals surface area contributed by atoms with Gasteiger partial charge in [0.2, 0.25) is 0 Å². The van der Waals surface area contributed by atoms with Crippen molar-refractivity contribution in [1.29, 1.82) is 0 Å². The molecule has 2 nitrogen and oxygen atoms in total. The number of aliphatic carboxylic acids is 1. The Hall–Kier alpha value is -0.530. The number of carbonyl (C=O) groups is 1. The van der Waals surface area contributed by atoms with Crippen LogP contribution in [0.15, 0.2) is 0 Å². The van der Waals surface area contributed by atoms with Gasteiger partial charge in [-0.05, 0) is 18.3 Å². The van der Waals surface area contributed by atoms with Crippen LogP contribution in [-0.4, -0.2) is 11.1 Å². The Labute approximate surface area is 113 Å². The Kier molecular flexibility index (Phi) is 11.2. The van der Waals surface area contributed by atoms with E-state index in [0.717, 1.165) is 18.8 Å². The van der Waals surface area contributed by atoms with Crippen LogP contribution < -0.4 is 0 Å². The van der Waals surface area contributed by atoms with E-state index in [1.165, 1.54) is 44.9 Å². The first-order chi connectivity index (χ1) is 8.63. The van der Waals surface area contributed by atoms with Gasteiger partial charge in [-0.15, -0.1) is 0 Å². The third-order valence-corrected chi connectivity index (χ3v) is 3.94. The predicted molar refractivity (Wildman–Crippen MR) is 77.8 cm³/mol. The molecule has 0 aromatic heterocycles. The molecule has 0 radical (unpaired) electrons. The molecule has 0 aromatic rings. The fourth-order valence-corrected chi connectivity index (χ4v) is 2.69. The number of carboxylic acid groups (broad SMARTS) is 1. The summed E-state index contributed by atoms with van der Waals surface area (Å²) in [6, 6.07) is 0. The largest absolute Gasteiger partial charge is 0.481 e. The highest BCUT2D eigenvalue weighted by molar-refractivity contribution is 5.66. The summed E-state index contributed by atoms with van der Waals surface area (Å²) in [7, 11) is 0. The summed E-state index contributed by atoms with van der Waals surface area (Å²) in [5.41, 5.74) is 0. The standard InChI is InChI=1S/C16H32O2/c1-4-7-8-10-15(9-5-2)12-11-14(6-3)13-16(17)18/h14-15H,4-13H2,1-3H3,(H,17,18)/t14-,15+/m1/s1. The lowest BCUT2D eigenvalue weighted by atomic mass is 9.87. The van der Waals surface area contributed by atoms with Crippen molar-refractivity contribution in [3.05, 3.63) is 0 Å². The molecular weight excluding hydrogens is 224 g/mol. The molecule has 0 aliphatic heterocycles. The van der Waals surface area contributed by atoms with E-state index in [-0.39, 0.29) is 0 Å². The third-order valence-electron chi connectivity index (χ3n) is 3.94. The van der Waals surface area contributed by atoms with Crippen LogP contribution in [0.2, 0.25) is 0 Å². The molecule has 0 aliphatic carbocycles. The molecule has 0 aromatic carbocycles. The molecule has 1 N–H and O–H groups in total. The minimum atomic E-state index is -0.639. The molecule has 2 atom stereocenters. The number of carboxylic acids is 1. The van der Waals surface area contributed by atoms with Gasteiger partial charge in [-0.1, -0.05) is 72.1 Å². The van der Waals surface area contributed by atoms with Crippen LogP contribution in [0.5, 0.6) is 0 Å². The third kappa shape index (κ3) is 9.49. The highest BCUT2D eigenvalue weighted by atomic mass is 16.4. The fraction of sp³-hybridized carbons (Fsp3) is 0.938. The number of hydrogen-bond donors (Lipinski definition) is 1. The second kappa shape index (κ2) is 11.6. The van der Waals surface area contributed by atoms with E-state index >= 15 is 0 Å². The van der Waals surface area contributed by atoms with Crippen LogP contribution in [0, 0.1) is 11.8 Å². The quantitative estimate of drug-likeness (QED) is 0.483. The van der Waals surface area contributed by atoms with Gasteiger partial charge in [-0.25, -0.2) is 0 Å². The van der Waals surface area contributed by atoms with Crippen molar-refractivity contribution in [2.75, 3.05) is 0 Å². The van der Waals surface area contributed by atoms with Crippen molar-refractivity contribution < 1.29 is 9.90 Å². The van der Waals surface area contributed by atoms with Gasteiger partial charge in [0.25, 0.3) is 0 Å². The Morgan fingerprint density at radius 3 is 2.06 bits per heavy atom.